The van der Waals surface area contributed by atoms with Crippen molar-refractivity contribution in [1.82, 2.24) is 9.13 Å². The summed E-state index contributed by atoms with van der Waals surface area (Å²) in [5, 5.41) is 7.72. The smallest absolute Gasteiger partial charge is 0.0640 e. The summed E-state index contributed by atoms with van der Waals surface area (Å²) in [7, 11) is 0. The summed E-state index contributed by atoms with van der Waals surface area (Å²) in [5.41, 5.74) is 17.3. The molecule has 12 aromatic rings. The molecule has 1 aliphatic rings. The summed E-state index contributed by atoms with van der Waals surface area (Å²) >= 11 is 1.89. The zero-order valence-corrected chi connectivity index (χ0v) is 31.6. The fourth-order valence-electron chi connectivity index (χ4n) is 9.95. The maximum absolute atomic E-state index is 2.51. The molecule has 57 heavy (non-hydrogen) atoms. The normalized spacial score (nSPS) is 12.2. The van der Waals surface area contributed by atoms with E-state index in [1.165, 1.54) is 114 Å². The molecule has 264 valence electrons. The number of rotatable bonds is 2. The van der Waals surface area contributed by atoms with Crippen LogP contribution in [0.3, 0.4) is 0 Å². The van der Waals surface area contributed by atoms with Gasteiger partial charge in [0, 0.05) is 42.7 Å². The average Bonchev–Trinajstić information content (AvgIpc) is 3.94. The van der Waals surface area contributed by atoms with Crippen LogP contribution in [0.4, 0.5) is 0 Å². The van der Waals surface area contributed by atoms with Gasteiger partial charge >= 0.3 is 0 Å². The van der Waals surface area contributed by atoms with E-state index >= 15 is 0 Å². The van der Waals surface area contributed by atoms with E-state index < -0.39 is 0 Å². The number of fused-ring (bicyclic) bond motifs is 18. The first-order valence-electron chi connectivity index (χ1n) is 19.6. The Bertz CT molecular complexity index is 3640. The molecule has 0 saturated carbocycles. The standard InChI is InChI=1S/C54H32N2S/c1-2-15-35-34(14-1)36-16-3-4-18-38(36)40-29-28-33(32-45(40)39-19-6-5-17-37(35)39)55-46-24-10-7-21-43(46)52-48(55)30-31-49-53(52)44-22-8-11-25-47(44)56(49)50-26-13-23-42-41-20-9-12-27-51(41)57-54(42)50/h1-32H. The highest BCUT2D eigenvalue weighted by atomic mass is 32.1. The van der Waals surface area contributed by atoms with Crippen molar-refractivity contribution in [3.05, 3.63) is 194 Å². The SMILES string of the molecule is c1ccc2c(c1)-c1ccccc1-c1ccc(-n3c4ccccc4c4c5c6ccccc6n(-c6cccc7c6sc6ccccc67)c5ccc43)cc1-c1ccccc1-2. The fraction of sp³-hybridized carbons (Fsp3) is 0. The third-order valence-electron chi connectivity index (χ3n) is 12.3. The topological polar surface area (TPSA) is 9.86 Å². The van der Waals surface area contributed by atoms with Crippen LogP contribution in [0.2, 0.25) is 0 Å². The van der Waals surface area contributed by atoms with Crippen LogP contribution in [0.5, 0.6) is 0 Å². The van der Waals surface area contributed by atoms with Crippen LogP contribution in [0.15, 0.2) is 194 Å². The van der Waals surface area contributed by atoms with Gasteiger partial charge in [-0.2, -0.15) is 0 Å². The van der Waals surface area contributed by atoms with Crippen molar-refractivity contribution < 1.29 is 0 Å². The number of aromatic nitrogens is 2. The molecule has 0 atom stereocenters. The monoisotopic (exact) mass is 740 g/mol. The highest BCUT2D eigenvalue weighted by Gasteiger charge is 2.25. The number of hydrogen-bond donors (Lipinski definition) is 0. The van der Waals surface area contributed by atoms with Crippen LogP contribution in [0.1, 0.15) is 0 Å². The minimum atomic E-state index is 1.15. The highest BCUT2D eigenvalue weighted by molar-refractivity contribution is 7.26. The fourth-order valence-corrected chi connectivity index (χ4v) is 11.2. The first-order chi connectivity index (χ1) is 28.3. The molecule has 3 aromatic heterocycles. The highest BCUT2D eigenvalue weighted by Crippen LogP contribution is 2.49. The van der Waals surface area contributed by atoms with Gasteiger partial charge in [0.25, 0.3) is 0 Å². The number of thiophene rings is 1. The molecule has 0 radical (unpaired) electrons. The Morgan fingerprint density at radius 1 is 0.298 bits per heavy atom. The molecule has 0 spiro atoms. The van der Waals surface area contributed by atoms with Gasteiger partial charge < -0.3 is 9.13 Å². The molecule has 1 aliphatic carbocycles. The van der Waals surface area contributed by atoms with E-state index in [0.29, 0.717) is 0 Å². The minimum Gasteiger partial charge on any atom is -0.309 e. The van der Waals surface area contributed by atoms with Crippen LogP contribution in [0, 0.1) is 0 Å². The molecule has 2 nitrogen and oxygen atoms in total. The van der Waals surface area contributed by atoms with E-state index in [1.807, 2.05) is 11.3 Å². The van der Waals surface area contributed by atoms with E-state index in [9.17, 15) is 0 Å². The first-order valence-corrected chi connectivity index (χ1v) is 20.4. The molecule has 0 aliphatic heterocycles. The molecular weight excluding hydrogens is 709 g/mol. The van der Waals surface area contributed by atoms with Crippen molar-refractivity contribution in [3.8, 4) is 55.9 Å². The molecular formula is C54H32N2S. The zero-order valence-electron chi connectivity index (χ0n) is 30.8. The minimum absolute atomic E-state index is 1.15. The molecule has 13 rings (SSSR count). The Balaban J connectivity index is 1.11. The van der Waals surface area contributed by atoms with E-state index in [2.05, 4.69) is 203 Å². The predicted molar refractivity (Wildman–Crippen MR) is 243 cm³/mol. The van der Waals surface area contributed by atoms with Crippen LogP contribution >= 0.6 is 11.3 Å². The van der Waals surface area contributed by atoms with Crippen molar-refractivity contribution in [2.75, 3.05) is 0 Å². The van der Waals surface area contributed by atoms with Crippen molar-refractivity contribution >= 4 is 75.1 Å². The van der Waals surface area contributed by atoms with E-state index in [-0.39, 0.29) is 0 Å². The summed E-state index contributed by atoms with van der Waals surface area (Å²) in [6.07, 6.45) is 0. The summed E-state index contributed by atoms with van der Waals surface area (Å²) in [5.74, 6) is 0. The third kappa shape index (κ3) is 4.24. The molecule has 0 saturated heterocycles. The van der Waals surface area contributed by atoms with Crippen LogP contribution in [0.25, 0.3) is 120 Å². The van der Waals surface area contributed by atoms with Gasteiger partial charge in [-0.15, -0.1) is 11.3 Å². The Morgan fingerprint density at radius 3 is 1.37 bits per heavy atom. The van der Waals surface area contributed by atoms with Gasteiger partial charge in [0.1, 0.15) is 0 Å². The summed E-state index contributed by atoms with van der Waals surface area (Å²) in [4.78, 5) is 0. The quantitative estimate of drug-likeness (QED) is 0.167. The van der Waals surface area contributed by atoms with Crippen molar-refractivity contribution in [1.29, 1.82) is 0 Å². The van der Waals surface area contributed by atoms with Gasteiger partial charge in [-0.1, -0.05) is 146 Å². The van der Waals surface area contributed by atoms with E-state index in [1.54, 1.807) is 0 Å². The second kappa shape index (κ2) is 11.7. The van der Waals surface area contributed by atoms with Gasteiger partial charge in [-0.05, 0) is 93.0 Å². The summed E-state index contributed by atoms with van der Waals surface area (Å²) in [6, 6.07) is 72.0. The largest absolute Gasteiger partial charge is 0.309 e. The maximum atomic E-state index is 2.51. The van der Waals surface area contributed by atoms with Gasteiger partial charge in [-0.3, -0.25) is 0 Å². The van der Waals surface area contributed by atoms with Gasteiger partial charge in [0.05, 0.1) is 32.5 Å². The lowest BCUT2D eigenvalue weighted by atomic mass is 9.81. The molecule has 9 aromatic carbocycles. The molecule has 3 heteroatoms. The molecule has 0 fully saturated rings. The van der Waals surface area contributed by atoms with Gasteiger partial charge in [0.2, 0.25) is 0 Å². The van der Waals surface area contributed by atoms with Crippen LogP contribution in [-0.2, 0) is 0 Å². The van der Waals surface area contributed by atoms with Crippen LogP contribution in [-0.4, -0.2) is 9.13 Å². The first kappa shape index (κ1) is 31.1. The number of nitrogens with zero attached hydrogens (tertiary/aromatic N) is 2. The average molecular weight is 741 g/mol. The summed E-state index contributed by atoms with van der Waals surface area (Å²) in [6.45, 7) is 0. The van der Waals surface area contributed by atoms with E-state index in [4.69, 9.17) is 0 Å². The van der Waals surface area contributed by atoms with Crippen molar-refractivity contribution in [2.24, 2.45) is 0 Å². The van der Waals surface area contributed by atoms with Crippen molar-refractivity contribution in [2.45, 2.75) is 0 Å². The Morgan fingerprint density at radius 2 is 0.754 bits per heavy atom. The Labute approximate surface area is 332 Å². The molecule has 0 unspecified atom stereocenters. The Kier molecular flexibility index (Phi) is 6.35. The number of benzene rings is 9. The maximum Gasteiger partial charge on any atom is 0.0640 e. The third-order valence-corrected chi connectivity index (χ3v) is 13.5. The molecule has 0 amide bonds. The molecule has 0 N–H and O–H groups in total. The van der Waals surface area contributed by atoms with Crippen LogP contribution < -0.4 is 0 Å². The van der Waals surface area contributed by atoms with Gasteiger partial charge in [0.15, 0.2) is 0 Å². The molecule has 3 heterocycles. The number of hydrogen-bond acceptors (Lipinski definition) is 1. The summed E-state index contributed by atoms with van der Waals surface area (Å²) < 4.78 is 7.63. The lowest BCUT2D eigenvalue weighted by Crippen LogP contribution is -2.00. The van der Waals surface area contributed by atoms with Gasteiger partial charge in [-0.25, -0.2) is 0 Å². The Hall–Kier alpha value is -7.20. The van der Waals surface area contributed by atoms with Crippen molar-refractivity contribution in [3.63, 3.8) is 0 Å². The second-order valence-corrected chi connectivity index (χ2v) is 16.2. The number of para-hydroxylation sites is 2. The zero-order chi connectivity index (χ0) is 37.2. The molecule has 0 bridgehead atoms. The second-order valence-electron chi connectivity index (χ2n) is 15.2. The predicted octanol–water partition coefficient (Wildman–Crippen LogP) is 15.2. The lowest BCUT2D eigenvalue weighted by molar-refractivity contribution is 1.18. The lowest BCUT2D eigenvalue weighted by Gasteiger charge is -2.23. The van der Waals surface area contributed by atoms with E-state index in [0.717, 1.165) is 5.69 Å².